The molecule has 1 atom stereocenters. The summed E-state index contributed by atoms with van der Waals surface area (Å²) in [6.45, 7) is 4.03. The number of carbonyl (C=O) groups excluding carboxylic acids is 1. The number of ether oxygens (including phenoxy) is 1. The maximum absolute atomic E-state index is 13.4. The van der Waals surface area contributed by atoms with E-state index in [9.17, 15) is 13.6 Å². The second-order valence-corrected chi connectivity index (χ2v) is 5.53. The molecule has 4 nitrogen and oxygen atoms in total. The highest BCUT2D eigenvalue weighted by Crippen LogP contribution is 2.24. The van der Waals surface area contributed by atoms with E-state index in [-0.39, 0.29) is 11.7 Å². The number of carbonyl (C=O) groups is 1. The molecule has 2 N–H and O–H groups in total. The first kappa shape index (κ1) is 18.9. The van der Waals surface area contributed by atoms with Crippen molar-refractivity contribution in [3.63, 3.8) is 0 Å². The van der Waals surface area contributed by atoms with Gasteiger partial charge in [0.2, 0.25) is 6.10 Å². The highest BCUT2D eigenvalue weighted by Gasteiger charge is 2.22. The van der Waals surface area contributed by atoms with Crippen LogP contribution in [0.15, 0.2) is 48.5 Å². The lowest BCUT2D eigenvalue weighted by molar-refractivity contribution is -0.128. The minimum Gasteiger partial charge on any atom is -0.476 e. The molecular weight excluding hydrogens is 326 g/mol. The summed E-state index contributed by atoms with van der Waals surface area (Å²) < 4.78 is 32.1. The van der Waals surface area contributed by atoms with Crippen molar-refractivity contribution in [3.8, 4) is 5.75 Å². The van der Waals surface area contributed by atoms with Gasteiger partial charge in [0.15, 0.2) is 11.6 Å². The van der Waals surface area contributed by atoms with Crippen LogP contribution in [0.1, 0.15) is 25.0 Å². The number of rotatable bonds is 9. The van der Waals surface area contributed by atoms with Gasteiger partial charge in [-0.25, -0.2) is 8.78 Å². The average Bonchev–Trinajstić information content (AvgIpc) is 2.63. The Hall–Kier alpha value is -2.47. The zero-order chi connectivity index (χ0) is 18.1. The first-order valence-corrected chi connectivity index (χ1v) is 8.27. The van der Waals surface area contributed by atoms with E-state index in [1.165, 1.54) is 6.07 Å². The van der Waals surface area contributed by atoms with Crippen molar-refractivity contribution >= 4 is 5.91 Å². The fourth-order valence-electron chi connectivity index (χ4n) is 2.26. The average molecular weight is 348 g/mol. The van der Waals surface area contributed by atoms with Crippen LogP contribution in [0.4, 0.5) is 8.78 Å². The molecule has 2 rings (SSSR count). The molecule has 0 spiro atoms. The van der Waals surface area contributed by atoms with Crippen LogP contribution in [-0.4, -0.2) is 25.5 Å². The van der Waals surface area contributed by atoms with E-state index in [2.05, 4.69) is 17.6 Å². The summed E-state index contributed by atoms with van der Waals surface area (Å²) in [5, 5.41) is 5.98. The smallest absolute Gasteiger partial charge is 0.265 e. The van der Waals surface area contributed by atoms with Gasteiger partial charge in [0.25, 0.3) is 5.91 Å². The zero-order valence-corrected chi connectivity index (χ0v) is 14.1. The van der Waals surface area contributed by atoms with Gasteiger partial charge in [-0.3, -0.25) is 4.79 Å². The first-order chi connectivity index (χ1) is 12.1. The second kappa shape index (κ2) is 9.74. The summed E-state index contributed by atoms with van der Waals surface area (Å²) in [7, 11) is 0. The second-order valence-electron chi connectivity index (χ2n) is 5.53. The maximum Gasteiger partial charge on any atom is 0.265 e. The molecule has 2 aromatic carbocycles. The van der Waals surface area contributed by atoms with E-state index in [4.69, 9.17) is 4.74 Å². The third-order valence-electron chi connectivity index (χ3n) is 3.51. The molecule has 0 saturated heterocycles. The van der Waals surface area contributed by atoms with Crippen molar-refractivity contribution in [2.75, 3.05) is 19.6 Å². The van der Waals surface area contributed by atoms with Gasteiger partial charge in [-0.1, -0.05) is 37.3 Å². The lowest BCUT2D eigenvalue weighted by Gasteiger charge is -2.19. The van der Waals surface area contributed by atoms with Gasteiger partial charge in [0, 0.05) is 24.7 Å². The molecule has 0 heterocycles. The molecule has 0 bridgehead atoms. The van der Waals surface area contributed by atoms with Crippen molar-refractivity contribution in [1.29, 1.82) is 0 Å². The molecule has 0 radical (unpaired) electrons. The summed E-state index contributed by atoms with van der Waals surface area (Å²) in [5.74, 6) is -2.23. The Kier molecular flexibility index (Phi) is 7.35. The molecule has 1 unspecified atom stereocenters. The molecule has 1 amide bonds. The van der Waals surface area contributed by atoms with Crippen LogP contribution in [0.5, 0.6) is 5.75 Å². The number of benzene rings is 2. The normalized spacial score (nSPS) is 11.8. The quantitative estimate of drug-likeness (QED) is 0.684. The highest BCUT2D eigenvalue weighted by molar-refractivity contribution is 5.82. The van der Waals surface area contributed by atoms with Gasteiger partial charge in [-0.15, -0.1) is 0 Å². The molecule has 6 heteroatoms. The Morgan fingerprint density at radius 2 is 1.80 bits per heavy atom. The van der Waals surface area contributed by atoms with Crippen LogP contribution in [-0.2, 0) is 4.79 Å². The Balaban J connectivity index is 2.07. The summed E-state index contributed by atoms with van der Waals surface area (Å²) >= 11 is 0. The van der Waals surface area contributed by atoms with Crippen LogP contribution in [0.25, 0.3) is 0 Å². The molecule has 0 aliphatic heterocycles. The molecule has 0 aliphatic rings. The Bertz CT molecular complexity index is 680. The van der Waals surface area contributed by atoms with E-state index in [1.807, 2.05) is 6.07 Å². The van der Waals surface area contributed by atoms with Crippen LogP contribution in [0.2, 0.25) is 0 Å². The number of amides is 1. The molecular formula is C19H22F2N2O2. The SMILES string of the molecule is CCCNCCNC(=O)C(Oc1ccc(F)c(F)c1)c1ccccc1. The lowest BCUT2D eigenvalue weighted by Crippen LogP contribution is -2.37. The Morgan fingerprint density at radius 3 is 2.48 bits per heavy atom. The molecule has 134 valence electrons. The van der Waals surface area contributed by atoms with Crippen LogP contribution in [0.3, 0.4) is 0 Å². The molecule has 0 fully saturated rings. The van der Waals surface area contributed by atoms with Gasteiger partial charge in [-0.05, 0) is 25.1 Å². The summed E-state index contributed by atoms with van der Waals surface area (Å²) in [6, 6.07) is 12.1. The van der Waals surface area contributed by atoms with Gasteiger partial charge >= 0.3 is 0 Å². The van der Waals surface area contributed by atoms with E-state index in [0.717, 1.165) is 25.1 Å². The minimum absolute atomic E-state index is 0.0898. The number of hydrogen-bond acceptors (Lipinski definition) is 3. The Morgan fingerprint density at radius 1 is 1.04 bits per heavy atom. The number of hydrogen-bond donors (Lipinski definition) is 2. The van der Waals surface area contributed by atoms with Gasteiger partial charge in [-0.2, -0.15) is 0 Å². The third kappa shape index (κ3) is 5.83. The van der Waals surface area contributed by atoms with E-state index < -0.39 is 17.7 Å². The number of halogens is 2. The predicted octanol–water partition coefficient (Wildman–Crippen LogP) is 3.20. The maximum atomic E-state index is 13.4. The van der Waals surface area contributed by atoms with Crippen molar-refractivity contribution in [1.82, 2.24) is 10.6 Å². The van der Waals surface area contributed by atoms with Gasteiger partial charge in [0.1, 0.15) is 5.75 Å². The van der Waals surface area contributed by atoms with E-state index in [1.54, 1.807) is 24.3 Å². The van der Waals surface area contributed by atoms with Crippen molar-refractivity contribution < 1.29 is 18.3 Å². The van der Waals surface area contributed by atoms with Gasteiger partial charge in [0.05, 0.1) is 0 Å². The van der Waals surface area contributed by atoms with Crippen LogP contribution < -0.4 is 15.4 Å². The lowest BCUT2D eigenvalue weighted by atomic mass is 10.1. The summed E-state index contributed by atoms with van der Waals surface area (Å²) in [5.41, 5.74) is 0.631. The van der Waals surface area contributed by atoms with Crippen molar-refractivity contribution in [2.45, 2.75) is 19.4 Å². The van der Waals surface area contributed by atoms with Crippen LogP contribution in [0, 0.1) is 11.6 Å². The van der Waals surface area contributed by atoms with Crippen LogP contribution >= 0.6 is 0 Å². The van der Waals surface area contributed by atoms with Crippen molar-refractivity contribution in [2.24, 2.45) is 0 Å². The zero-order valence-electron chi connectivity index (χ0n) is 14.1. The van der Waals surface area contributed by atoms with Gasteiger partial charge < -0.3 is 15.4 Å². The number of nitrogens with one attached hydrogen (secondary N) is 2. The molecule has 0 aromatic heterocycles. The van der Waals surface area contributed by atoms with E-state index >= 15 is 0 Å². The standard InChI is InChI=1S/C19H22F2N2O2/c1-2-10-22-11-12-23-19(24)18(14-6-4-3-5-7-14)25-15-8-9-16(20)17(21)13-15/h3-9,13,18,22H,2,10-12H2,1H3,(H,23,24). The fourth-order valence-corrected chi connectivity index (χ4v) is 2.26. The fraction of sp³-hybridized carbons (Fsp3) is 0.316. The largest absolute Gasteiger partial charge is 0.476 e. The van der Waals surface area contributed by atoms with Crippen molar-refractivity contribution in [3.05, 3.63) is 65.7 Å². The van der Waals surface area contributed by atoms with E-state index in [0.29, 0.717) is 18.7 Å². The monoisotopic (exact) mass is 348 g/mol. The highest BCUT2D eigenvalue weighted by atomic mass is 19.2. The molecule has 0 saturated carbocycles. The minimum atomic E-state index is -1.02. The summed E-state index contributed by atoms with van der Waals surface area (Å²) in [6.07, 6.45) is 0.0667. The molecule has 2 aromatic rings. The third-order valence-corrected chi connectivity index (χ3v) is 3.51. The Labute approximate surface area is 146 Å². The molecule has 0 aliphatic carbocycles. The summed E-state index contributed by atoms with van der Waals surface area (Å²) in [4.78, 5) is 12.5. The predicted molar refractivity (Wildman–Crippen MR) is 92.3 cm³/mol. The molecule has 25 heavy (non-hydrogen) atoms. The first-order valence-electron chi connectivity index (χ1n) is 8.27. The topological polar surface area (TPSA) is 50.4 Å².